The standard InChI is InChI=1S/C65H56F2N4/c1-62(2)38-20-39-63(3,4)64(62,47-25-12-7-13-26-47)48-37-40-68-60(43-48)71-56-32-15-14-29-54(56)55-36-35-50(42-59(55)71)65(66,67)49-27-18-28-51(41-49)69-44-70(58-34-17-16-33-57(58)69)61-52(45-21-8-5-9-22-45)30-19-31-53(61)46-23-10-6-11-24-46/h5-19,21-37,40-43H,20,38-39,44H2,1-4H3. The summed E-state index contributed by atoms with van der Waals surface area (Å²) in [6.07, 6.45) is 5.23. The van der Waals surface area contributed by atoms with Gasteiger partial charge in [-0.15, -0.1) is 0 Å². The molecular weight excluding hydrogens is 875 g/mol. The van der Waals surface area contributed by atoms with Crippen molar-refractivity contribution in [3.63, 3.8) is 0 Å². The summed E-state index contributed by atoms with van der Waals surface area (Å²) in [7, 11) is 0. The third-order valence-corrected chi connectivity index (χ3v) is 16.0. The maximum Gasteiger partial charge on any atom is 0.298 e. The van der Waals surface area contributed by atoms with Crippen LogP contribution in [0.2, 0.25) is 0 Å². The van der Waals surface area contributed by atoms with Gasteiger partial charge in [0.2, 0.25) is 0 Å². The Labute approximate surface area is 415 Å². The van der Waals surface area contributed by atoms with E-state index < -0.39 is 5.92 Å². The lowest BCUT2D eigenvalue weighted by Gasteiger charge is -2.60. The molecule has 0 amide bonds. The van der Waals surface area contributed by atoms with E-state index in [1.807, 2.05) is 54.7 Å². The van der Waals surface area contributed by atoms with Crippen molar-refractivity contribution >= 4 is 44.6 Å². The zero-order valence-corrected chi connectivity index (χ0v) is 40.7. The topological polar surface area (TPSA) is 24.3 Å². The number of para-hydroxylation sites is 4. The number of anilines is 4. The summed E-state index contributed by atoms with van der Waals surface area (Å²) in [5.74, 6) is -2.63. The Kier molecular flexibility index (Phi) is 10.6. The van der Waals surface area contributed by atoms with Crippen molar-refractivity contribution in [2.75, 3.05) is 16.5 Å². The van der Waals surface area contributed by atoms with Crippen LogP contribution < -0.4 is 9.80 Å². The second-order valence-corrected chi connectivity index (χ2v) is 20.8. The van der Waals surface area contributed by atoms with Crippen molar-refractivity contribution in [3.05, 3.63) is 241 Å². The maximum absolute atomic E-state index is 17.7. The molecule has 71 heavy (non-hydrogen) atoms. The fourth-order valence-electron chi connectivity index (χ4n) is 13.1. The molecule has 1 aliphatic heterocycles. The number of pyridine rings is 1. The maximum atomic E-state index is 17.7. The molecule has 0 atom stereocenters. The average molecular weight is 931 g/mol. The smallest absolute Gasteiger partial charge is 0.298 e. The van der Waals surface area contributed by atoms with Gasteiger partial charge in [0, 0.05) is 50.3 Å². The number of nitrogens with zero attached hydrogens (tertiary/aromatic N) is 4. The van der Waals surface area contributed by atoms with Gasteiger partial charge >= 0.3 is 0 Å². The lowest BCUT2D eigenvalue weighted by Crippen LogP contribution is -2.56. The van der Waals surface area contributed by atoms with Crippen LogP contribution in [0.15, 0.2) is 219 Å². The number of fused-ring (bicyclic) bond motifs is 4. The number of hydrogen-bond donors (Lipinski definition) is 0. The van der Waals surface area contributed by atoms with Crippen LogP contribution in [0.1, 0.15) is 69.2 Å². The monoisotopic (exact) mass is 930 g/mol. The van der Waals surface area contributed by atoms with Gasteiger partial charge in [-0.2, -0.15) is 8.78 Å². The van der Waals surface area contributed by atoms with Gasteiger partial charge in [0.25, 0.3) is 5.92 Å². The largest absolute Gasteiger partial charge is 0.321 e. The summed E-state index contributed by atoms with van der Waals surface area (Å²) in [5, 5.41) is 1.89. The Bertz CT molecular complexity index is 3520. The molecule has 0 saturated heterocycles. The van der Waals surface area contributed by atoms with Gasteiger partial charge in [0.15, 0.2) is 0 Å². The quantitative estimate of drug-likeness (QED) is 0.144. The number of aromatic nitrogens is 2. The van der Waals surface area contributed by atoms with Gasteiger partial charge < -0.3 is 9.80 Å². The summed E-state index contributed by atoms with van der Waals surface area (Å²) in [5.41, 5.74) is 11.5. The van der Waals surface area contributed by atoms with Gasteiger partial charge in [0.1, 0.15) is 12.5 Å². The molecule has 6 heteroatoms. The van der Waals surface area contributed by atoms with Crippen LogP contribution in [-0.4, -0.2) is 16.2 Å². The highest BCUT2D eigenvalue weighted by Gasteiger charge is 2.58. The number of hydrogen-bond acceptors (Lipinski definition) is 3. The predicted molar refractivity (Wildman–Crippen MR) is 290 cm³/mol. The first-order valence-electron chi connectivity index (χ1n) is 24.9. The Morgan fingerprint density at radius 1 is 0.479 bits per heavy atom. The van der Waals surface area contributed by atoms with Crippen LogP contribution in [0, 0.1) is 10.8 Å². The Morgan fingerprint density at radius 2 is 1.04 bits per heavy atom. The lowest BCUT2D eigenvalue weighted by molar-refractivity contribution is 0.00547. The van der Waals surface area contributed by atoms with Gasteiger partial charge in [-0.25, -0.2) is 4.98 Å². The zero-order chi connectivity index (χ0) is 48.5. The summed E-state index contributed by atoms with van der Waals surface area (Å²) in [4.78, 5) is 9.55. The molecule has 0 spiro atoms. The van der Waals surface area contributed by atoms with E-state index in [4.69, 9.17) is 4.98 Å². The summed E-state index contributed by atoms with van der Waals surface area (Å²) in [6, 6.07) is 71.3. The highest BCUT2D eigenvalue weighted by atomic mass is 19.3. The molecule has 0 radical (unpaired) electrons. The molecule has 4 nitrogen and oxygen atoms in total. The molecule has 8 aromatic carbocycles. The van der Waals surface area contributed by atoms with Gasteiger partial charge in [-0.05, 0) is 94.5 Å². The van der Waals surface area contributed by atoms with Crippen molar-refractivity contribution in [3.8, 4) is 28.1 Å². The van der Waals surface area contributed by atoms with E-state index in [2.05, 4.69) is 176 Å². The van der Waals surface area contributed by atoms with E-state index >= 15 is 8.78 Å². The van der Waals surface area contributed by atoms with Gasteiger partial charge in [-0.1, -0.05) is 198 Å². The average Bonchev–Trinajstić information content (AvgIpc) is 3.95. The predicted octanol–water partition coefficient (Wildman–Crippen LogP) is 17.4. The Hall–Kier alpha value is -7.83. The molecule has 0 unspecified atom stereocenters. The van der Waals surface area contributed by atoms with Crippen molar-refractivity contribution in [2.24, 2.45) is 10.8 Å². The number of rotatable bonds is 9. The van der Waals surface area contributed by atoms with E-state index in [9.17, 15) is 0 Å². The number of benzene rings is 8. The van der Waals surface area contributed by atoms with E-state index in [0.717, 1.165) is 74.9 Å². The molecule has 2 aliphatic rings. The van der Waals surface area contributed by atoms with E-state index in [0.29, 0.717) is 23.7 Å². The second-order valence-electron chi connectivity index (χ2n) is 20.8. The molecule has 2 aromatic heterocycles. The Morgan fingerprint density at radius 3 is 1.72 bits per heavy atom. The van der Waals surface area contributed by atoms with Crippen molar-refractivity contribution < 1.29 is 8.78 Å². The minimum atomic E-state index is -3.34. The molecule has 1 aliphatic carbocycles. The first-order chi connectivity index (χ1) is 34.5. The Balaban J connectivity index is 0.959. The highest BCUT2D eigenvalue weighted by Crippen LogP contribution is 2.64. The molecule has 1 fully saturated rings. The van der Waals surface area contributed by atoms with Crippen molar-refractivity contribution in [2.45, 2.75) is 58.3 Å². The molecule has 1 saturated carbocycles. The minimum absolute atomic E-state index is 0.0747. The van der Waals surface area contributed by atoms with Crippen LogP contribution >= 0.6 is 0 Å². The first-order valence-corrected chi connectivity index (χ1v) is 24.9. The van der Waals surface area contributed by atoms with Gasteiger partial charge in [0.05, 0.1) is 28.1 Å². The van der Waals surface area contributed by atoms with Crippen molar-refractivity contribution in [1.29, 1.82) is 0 Å². The SMILES string of the molecule is CC1(C)CCCC(C)(C)C1(c1ccccc1)c1ccnc(-n2c3ccccc3c3ccc(C(F)(F)c4cccc(N5CN(c6c(-c7ccccc7)cccc6-c6ccccc6)c6ccccc65)c4)cc32)c1. The molecule has 3 heterocycles. The van der Waals surface area contributed by atoms with E-state index in [1.54, 1.807) is 30.3 Å². The number of alkyl halides is 2. The second kappa shape index (κ2) is 16.9. The van der Waals surface area contributed by atoms with E-state index in [-0.39, 0.29) is 27.4 Å². The molecule has 350 valence electrons. The minimum Gasteiger partial charge on any atom is -0.321 e. The van der Waals surface area contributed by atoms with Crippen LogP contribution in [0.5, 0.6) is 0 Å². The van der Waals surface area contributed by atoms with Crippen LogP contribution in [0.4, 0.5) is 31.5 Å². The highest BCUT2D eigenvalue weighted by molar-refractivity contribution is 6.09. The molecule has 10 aromatic rings. The summed E-state index contributed by atoms with van der Waals surface area (Å²) >= 11 is 0. The molecule has 0 N–H and O–H groups in total. The fraction of sp³-hybridized carbons (Fsp3) is 0.185. The fourth-order valence-corrected chi connectivity index (χ4v) is 13.1. The summed E-state index contributed by atoms with van der Waals surface area (Å²) < 4.78 is 37.4. The molecule has 0 bridgehead atoms. The lowest BCUT2D eigenvalue weighted by atomic mass is 9.43. The number of halogens is 2. The first kappa shape index (κ1) is 44.4. The summed E-state index contributed by atoms with van der Waals surface area (Å²) in [6.45, 7) is 10.1. The molecule has 12 rings (SSSR count). The van der Waals surface area contributed by atoms with Crippen LogP contribution in [0.3, 0.4) is 0 Å². The van der Waals surface area contributed by atoms with Crippen LogP contribution in [0.25, 0.3) is 49.9 Å². The third-order valence-electron chi connectivity index (χ3n) is 16.0. The third kappa shape index (κ3) is 7.01. The zero-order valence-electron chi connectivity index (χ0n) is 40.7. The van der Waals surface area contributed by atoms with Crippen LogP contribution in [-0.2, 0) is 11.3 Å². The normalized spacial score (nSPS) is 16.1. The van der Waals surface area contributed by atoms with Gasteiger partial charge in [-0.3, -0.25) is 4.57 Å². The molecular formula is C65H56F2N4. The van der Waals surface area contributed by atoms with Crippen molar-refractivity contribution in [1.82, 2.24) is 9.55 Å². The van der Waals surface area contributed by atoms with E-state index in [1.165, 1.54) is 11.1 Å².